The Morgan fingerprint density at radius 3 is 2.71 bits per heavy atom. The molecule has 0 unspecified atom stereocenters. The molecule has 80 valence electrons. The highest BCUT2D eigenvalue weighted by molar-refractivity contribution is 5.18. The first kappa shape index (κ1) is 11.0. The Labute approximate surface area is 83.5 Å². The second kappa shape index (κ2) is 4.41. The first-order valence-electron chi connectivity index (χ1n) is 4.68. The lowest BCUT2D eigenvalue weighted by molar-refractivity contribution is 0.219. The molecular weight excluding hydrogens is 182 g/mol. The van der Waals surface area contributed by atoms with Crippen LogP contribution in [0, 0.1) is 12.3 Å². The summed E-state index contributed by atoms with van der Waals surface area (Å²) in [7, 11) is 0. The van der Waals surface area contributed by atoms with E-state index in [2.05, 4.69) is 29.3 Å². The molecule has 0 saturated heterocycles. The van der Waals surface area contributed by atoms with Gasteiger partial charge < -0.3 is 14.9 Å². The van der Waals surface area contributed by atoms with Gasteiger partial charge in [-0.25, -0.2) is 0 Å². The van der Waals surface area contributed by atoms with Crippen molar-refractivity contribution in [2.75, 3.05) is 18.5 Å². The van der Waals surface area contributed by atoms with E-state index in [0.29, 0.717) is 18.4 Å². The second-order valence-electron chi connectivity index (χ2n) is 4.14. The zero-order valence-electron chi connectivity index (χ0n) is 8.87. The molecule has 2 N–H and O–H groups in total. The number of aliphatic hydroxyl groups excluding tert-OH is 1. The molecule has 5 heteroatoms. The largest absolute Gasteiger partial charge is 0.396 e. The molecule has 0 saturated carbocycles. The second-order valence-corrected chi connectivity index (χ2v) is 4.14. The molecule has 0 bridgehead atoms. The van der Waals surface area contributed by atoms with Gasteiger partial charge in [0, 0.05) is 13.2 Å². The van der Waals surface area contributed by atoms with Gasteiger partial charge in [-0.1, -0.05) is 19.0 Å². The maximum absolute atomic E-state index is 8.82. The molecule has 0 spiro atoms. The molecule has 1 aromatic heterocycles. The molecular formula is C9H17N3O2. The van der Waals surface area contributed by atoms with Gasteiger partial charge in [0.1, 0.15) is 0 Å². The summed E-state index contributed by atoms with van der Waals surface area (Å²) >= 11 is 0. The maximum atomic E-state index is 8.82. The van der Waals surface area contributed by atoms with Crippen molar-refractivity contribution in [2.45, 2.75) is 27.2 Å². The predicted octanol–water partition coefficient (Wildman–Crippen LogP) is 1.20. The highest BCUT2D eigenvalue weighted by atomic mass is 16.5. The van der Waals surface area contributed by atoms with Crippen LogP contribution in [0.3, 0.4) is 0 Å². The van der Waals surface area contributed by atoms with Gasteiger partial charge in [0.05, 0.1) is 0 Å². The highest BCUT2D eigenvalue weighted by Gasteiger charge is 2.17. The summed E-state index contributed by atoms with van der Waals surface area (Å²) in [5.41, 5.74) is 0.0249. The number of nitrogens with one attached hydrogen (secondary N) is 1. The topological polar surface area (TPSA) is 71.2 Å². The van der Waals surface area contributed by atoms with E-state index in [0.717, 1.165) is 6.42 Å². The minimum absolute atomic E-state index is 0.0249. The van der Waals surface area contributed by atoms with E-state index in [-0.39, 0.29) is 12.0 Å². The number of aromatic nitrogens is 2. The number of aryl methyl sites for hydroxylation is 1. The van der Waals surface area contributed by atoms with E-state index in [1.54, 1.807) is 6.92 Å². The highest BCUT2D eigenvalue weighted by Crippen LogP contribution is 2.19. The summed E-state index contributed by atoms with van der Waals surface area (Å²) in [5.74, 6) is 0.618. The molecule has 0 aromatic carbocycles. The lowest BCUT2D eigenvalue weighted by Crippen LogP contribution is -2.24. The van der Waals surface area contributed by atoms with Gasteiger partial charge in [-0.3, -0.25) is 0 Å². The van der Waals surface area contributed by atoms with Crippen molar-refractivity contribution in [1.29, 1.82) is 0 Å². The van der Waals surface area contributed by atoms with Crippen LogP contribution in [0.5, 0.6) is 0 Å². The fourth-order valence-corrected chi connectivity index (χ4v) is 1.07. The number of rotatable bonds is 5. The molecule has 0 fully saturated rings. The molecule has 0 radical (unpaired) electrons. The van der Waals surface area contributed by atoms with Crippen LogP contribution in [0.25, 0.3) is 0 Å². The van der Waals surface area contributed by atoms with E-state index < -0.39 is 0 Å². The summed E-state index contributed by atoms with van der Waals surface area (Å²) in [5, 5.41) is 15.5. The smallest absolute Gasteiger partial charge is 0.321 e. The summed E-state index contributed by atoms with van der Waals surface area (Å²) in [4.78, 5) is 4.02. The van der Waals surface area contributed by atoms with Gasteiger partial charge in [0.25, 0.3) is 0 Å². The molecule has 0 aliphatic rings. The van der Waals surface area contributed by atoms with Crippen LogP contribution in [0.15, 0.2) is 4.52 Å². The van der Waals surface area contributed by atoms with Crippen molar-refractivity contribution in [2.24, 2.45) is 5.41 Å². The van der Waals surface area contributed by atoms with E-state index >= 15 is 0 Å². The Kier molecular flexibility index (Phi) is 3.46. The molecule has 0 aliphatic heterocycles. The van der Waals surface area contributed by atoms with Crippen molar-refractivity contribution in [3.8, 4) is 0 Å². The zero-order chi connectivity index (χ0) is 10.6. The Balaban J connectivity index is 2.40. The Hall–Kier alpha value is -1.10. The number of anilines is 1. The van der Waals surface area contributed by atoms with Crippen molar-refractivity contribution in [3.05, 3.63) is 5.82 Å². The average molecular weight is 199 g/mol. The van der Waals surface area contributed by atoms with Gasteiger partial charge in [0.2, 0.25) is 0 Å². The SMILES string of the molecule is Cc1noc(NCC(C)(C)CCO)n1. The van der Waals surface area contributed by atoms with Gasteiger partial charge in [-0.2, -0.15) is 4.98 Å². The number of nitrogens with zero attached hydrogens (tertiary/aromatic N) is 2. The fraction of sp³-hybridized carbons (Fsp3) is 0.778. The van der Waals surface area contributed by atoms with Crippen LogP contribution in [-0.4, -0.2) is 28.4 Å². The molecule has 1 rings (SSSR count). The maximum Gasteiger partial charge on any atom is 0.321 e. The number of hydrogen-bond donors (Lipinski definition) is 2. The lowest BCUT2D eigenvalue weighted by Gasteiger charge is -2.22. The van der Waals surface area contributed by atoms with Crippen molar-refractivity contribution >= 4 is 6.01 Å². The molecule has 1 aromatic rings. The quantitative estimate of drug-likeness (QED) is 0.745. The summed E-state index contributed by atoms with van der Waals surface area (Å²) in [6.45, 7) is 6.80. The Morgan fingerprint density at radius 1 is 1.50 bits per heavy atom. The molecule has 5 nitrogen and oxygen atoms in total. The lowest BCUT2D eigenvalue weighted by atomic mass is 9.90. The van der Waals surface area contributed by atoms with Crippen molar-refractivity contribution in [3.63, 3.8) is 0 Å². The van der Waals surface area contributed by atoms with Gasteiger partial charge in [-0.15, -0.1) is 0 Å². The average Bonchev–Trinajstić information content (AvgIpc) is 2.48. The fourth-order valence-electron chi connectivity index (χ4n) is 1.07. The molecule has 14 heavy (non-hydrogen) atoms. The third-order valence-corrected chi connectivity index (χ3v) is 2.03. The van der Waals surface area contributed by atoms with Crippen LogP contribution < -0.4 is 5.32 Å². The van der Waals surface area contributed by atoms with E-state index in [1.807, 2.05) is 0 Å². The summed E-state index contributed by atoms with van der Waals surface area (Å²) in [6, 6.07) is 0.438. The van der Waals surface area contributed by atoms with Crippen molar-refractivity contribution in [1.82, 2.24) is 10.1 Å². The Morgan fingerprint density at radius 2 is 2.21 bits per heavy atom. The first-order chi connectivity index (χ1) is 6.53. The normalized spacial score (nSPS) is 11.7. The van der Waals surface area contributed by atoms with E-state index in [9.17, 15) is 0 Å². The summed E-state index contributed by atoms with van der Waals surface area (Å²) in [6.07, 6.45) is 0.743. The van der Waals surface area contributed by atoms with Crippen molar-refractivity contribution < 1.29 is 9.63 Å². The monoisotopic (exact) mass is 199 g/mol. The number of hydrogen-bond acceptors (Lipinski definition) is 5. The molecule has 1 heterocycles. The Bertz CT molecular complexity index is 283. The van der Waals surface area contributed by atoms with E-state index in [4.69, 9.17) is 9.63 Å². The number of aliphatic hydroxyl groups is 1. The minimum atomic E-state index is 0.0249. The van der Waals surface area contributed by atoms with Gasteiger partial charge in [0.15, 0.2) is 5.82 Å². The van der Waals surface area contributed by atoms with Crippen LogP contribution >= 0.6 is 0 Å². The molecule has 0 atom stereocenters. The molecule has 0 amide bonds. The third kappa shape index (κ3) is 3.33. The standard InChI is InChI=1S/C9H17N3O2/c1-7-11-8(14-12-7)10-6-9(2,3)4-5-13/h13H,4-6H2,1-3H3,(H,10,11,12). The minimum Gasteiger partial charge on any atom is -0.396 e. The van der Waals surface area contributed by atoms with Gasteiger partial charge >= 0.3 is 6.01 Å². The summed E-state index contributed by atoms with van der Waals surface area (Å²) < 4.78 is 4.90. The first-order valence-corrected chi connectivity index (χ1v) is 4.68. The third-order valence-electron chi connectivity index (χ3n) is 2.03. The van der Waals surface area contributed by atoms with Crippen LogP contribution in [-0.2, 0) is 0 Å². The van der Waals surface area contributed by atoms with Crippen LogP contribution in [0.4, 0.5) is 6.01 Å². The predicted molar refractivity (Wildman–Crippen MR) is 53.0 cm³/mol. The van der Waals surface area contributed by atoms with Crippen LogP contribution in [0.2, 0.25) is 0 Å². The molecule has 0 aliphatic carbocycles. The van der Waals surface area contributed by atoms with Gasteiger partial charge in [-0.05, 0) is 18.8 Å². The van der Waals surface area contributed by atoms with Crippen LogP contribution in [0.1, 0.15) is 26.1 Å². The van der Waals surface area contributed by atoms with E-state index in [1.165, 1.54) is 0 Å². The zero-order valence-corrected chi connectivity index (χ0v) is 8.87.